The SMILES string of the molecule is Cc1nc2nc(-c3ccc(CN4CCC(C5=Nc6ccncc6C5)CC4)cc3)c(-c3ccccc3)cn2n1. The molecule has 188 valence electrons. The Balaban J connectivity index is 1.06. The number of likely N-dealkylation sites (tertiary alicyclic amines) is 1. The summed E-state index contributed by atoms with van der Waals surface area (Å²) in [6.07, 6.45) is 9.14. The number of rotatable bonds is 5. The number of hydrogen-bond donors (Lipinski definition) is 0. The maximum Gasteiger partial charge on any atom is 0.252 e. The molecule has 5 heterocycles. The number of benzene rings is 2. The molecule has 1 fully saturated rings. The van der Waals surface area contributed by atoms with Crippen molar-refractivity contribution in [1.82, 2.24) is 29.5 Å². The normalized spacial score (nSPS) is 16.1. The number of pyridine rings is 1. The first-order valence-electron chi connectivity index (χ1n) is 13.3. The Hall–Kier alpha value is -4.23. The zero-order valence-electron chi connectivity index (χ0n) is 21.5. The number of nitrogens with zero attached hydrogens (tertiary/aromatic N) is 7. The van der Waals surface area contributed by atoms with E-state index >= 15 is 0 Å². The number of aryl methyl sites for hydroxylation is 1. The van der Waals surface area contributed by atoms with Crippen molar-refractivity contribution in [2.45, 2.75) is 32.7 Å². The Bertz CT molecular complexity index is 1630. The van der Waals surface area contributed by atoms with Crippen LogP contribution in [0, 0.1) is 12.8 Å². The van der Waals surface area contributed by atoms with Gasteiger partial charge in [-0.05, 0) is 50.0 Å². The average molecular weight is 500 g/mol. The van der Waals surface area contributed by atoms with Gasteiger partial charge in [-0.15, -0.1) is 0 Å². The lowest BCUT2D eigenvalue weighted by molar-refractivity contribution is 0.201. The van der Waals surface area contributed by atoms with E-state index in [0.29, 0.717) is 17.5 Å². The van der Waals surface area contributed by atoms with Gasteiger partial charge in [0, 0.05) is 59.9 Å². The van der Waals surface area contributed by atoms with Crippen LogP contribution < -0.4 is 0 Å². The van der Waals surface area contributed by atoms with Crippen molar-refractivity contribution in [2.75, 3.05) is 13.1 Å². The van der Waals surface area contributed by atoms with Crippen molar-refractivity contribution < 1.29 is 0 Å². The van der Waals surface area contributed by atoms with E-state index in [0.717, 1.165) is 54.1 Å². The Morgan fingerprint density at radius 1 is 0.895 bits per heavy atom. The zero-order chi connectivity index (χ0) is 25.5. The molecule has 0 amide bonds. The molecule has 0 bridgehead atoms. The van der Waals surface area contributed by atoms with E-state index in [1.54, 1.807) is 4.52 Å². The summed E-state index contributed by atoms with van der Waals surface area (Å²) in [4.78, 5) is 21.2. The van der Waals surface area contributed by atoms with Crippen molar-refractivity contribution in [1.29, 1.82) is 0 Å². The standard InChI is InChI=1S/C31H29N7/c1-21-33-31-35-30(27(20-38(31)36-21)23-5-3-2-4-6-23)25-9-7-22(8-10-25)19-37-15-12-24(13-16-37)29-17-26-18-32-14-11-28(26)34-29/h2-11,14,18,20,24H,12-13,15-17,19H2,1H3. The quantitative estimate of drug-likeness (QED) is 0.310. The molecule has 7 heteroatoms. The summed E-state index contributed by atoms with van der Waals surface area (Å²) in [5.74, 6) is 1.92. The summed E-state index contributed by atoms with van der Waals surface area (Å²) in [7, 11) is 0. The molecule has 5 aromatic rings. The van der Waals surface area contributed by atoms with Crippen molar-refractivity contribution in [3.8, 4) is 22.4 Å². The highest BCUT2D eigenvalue weighted by molar-refractivity contribution is 5.95. The Kier molecular flexibility index (Phi) is 5.78. The van der Waals surface area contributed by atoms with Gasteiger partial charge in [0.25, 0.3) is 5.78 Å². The lowest BCUT2D eigenvalue weighted by Gasteiger charge is -2.32. The molecule has 0 spiro atoms. The maximum atomic E-state index is 4.91. The topological polar surface area (TPSA) is 71.6 Å². The van der Waals surface area contributed by atoms with Crippen molar-refractivity contribution in [3.05, 3.63) is 96.2 Å². The third kappa shape index (κ3) is 4.39. The number of aliphatic imine (C=N–C) groups is 1. The van der Waals surface area contributed by atoms with Crippen LogP contribution in [-0.2, 0) is 13.0 Å². The number of fused-ring (bicyclic) bond motifs is 2. The molecule has 38 heavy (non-hydrogen) atoms. The number of piperidine rings is 1. The van der Waals surface area contributed by atoms with Gasteiger partial charge in [0.15, 0.2) is 0 Å². The highest BCUT2D eigenvalue weighted by Crippen LogP contribution is 2.33. The molecule has 2 aromatic carbocycles. The van der Waals surface area contributed by atoms with E-state index in [9.17, 15) is 0 Å². The molecular weight excluding hydrogens is 470 g/mol. The molecule has 0 radical (unpaired) electrons. The third-order valence-electron chi connectivity index (χ3n) is 7.73. The van der Waals surface area contributed by atoms with Crippen LogP contribution in [0.5, 0.6) is 0 Å². The van der Waals surface area contributed by atoms with E-state index in [4.69, 9.17) is 9.98 Å². The molecule has 0 N–H and O–H groups in total. The molecule has 2 aliphatic heterocycles. The first kappa shape index (κ1) is 22.9. The second kappa shape index (κ2) is 9.58. The minimum atomic E-state index is 0.583. The van der Waals surface area contributed by atoms with Gasteiger partial charge in [0.2, 0.25) is 0 Å². The molecule has 3 aromatic heterocycles. The molecule has 0 atom stereocenters. The highest BCUT2D eigenvalue weighted by atomic mass is 15.3. The largest absolute Gasteiger partial charge is 0.299 e. The Morgan fingerprint density at radius 3 is 2.50 bits per heavy atom. The molecule has 7 nitrogen and oxygen atoms in total. The molecule has 0 saturated carbocycles. The minimum absolute atomic E-state index is 0.583. The fourth-order valence-corrected chi connectivity index (χ4v) is 5.72. The maximum absolute atomic E-state index is 4.91. The molecular formula is C31H29N7. The monoisotopic (exact) mass is 499 g/mol. The lowest BCUT2D eigenvalue weighted by Crippen LogP contribution is -2.36. The van der Waals surface area contributed by atoms with E-state index in [2.05, 4.69) is 68.5 Å². The summed E-state index contributed by atoms with van der Waals surface area (Å²) >= 11 is 0. The van der Waals surface area contributed by atoms with Crippen LogP contribution in [0.15, 0.2) is 84.2 Å². The van der Waals surface area contributed by atoms with Crippen LogP contribution in [0.1, 0.15) is 29.8 Å². The van der Waals surface area contributed by atoms with Crippen molar-refractivity contribution >= 4 is 17.2 Å². The van der Waals surface area contributed by atoms with Gasteiger partial charge in [0.1, 0.15) is 5.82 Å². The fraction of sp³-hybridized carbons (Fsp3) is 0.258. The molecule has 7 rings (SSSR count). The van der Waals surface area contributed by atoms with Crippen molar-refractivity contribution in [2.24, 2.45) is 10.9 Å². The van der Waals surface area contributed by atoms with Crippen LogP contribution in [0.3, 0.4) is 0 Å². The summed E-state index contributed by atoms with van der Waals surface area (Å²) in [5.41, 5.74) is 9.23. The summed E-state index contributed by atoms with van der Waals surface area (Å²) < 4.78 is 1.77. The van der Waals surface area contributed by atoms with E-state index in [1.807, 2.05) is 37.6 Å². The zero-order valence-corrected chi connectivity index (χ0v) is 21.5. The first-order chi connectivity index (χ1) is 18.7. The summed E-state index contributed by atoms with van der Waals surface area (Å²) in [6, 6.07) is 21.2. The van der Waals surface area contributed by atoms with E-state index in [-0.39, 0.29) is 0 Å². The predicted molar refractivity (Wildman–Crippen MR) is 149 cm³/mol. The van der Waals surface area contributed by atoms with E-state index in [1.165, 1.54) is 29.7 Å². The lowest BCUT2D eigenvalue weighted by atomic mass is 9.89. The Morgan fingerprint density at radius 2 is 1.71 bits per heavy atom. The van der Waals surface area contributed by atoms with Crippen LogP contribution in [0.2, 0.25) is 0 Å². The average Bonchev–Trinajstić information content (AvgIpc) is 3.56. The molecule has 0 unspecified atom stereocenters. The number of hydrogen-bond acceptors (Lipinski definition) is 6. The third-order valence-corrected chi connectivity index (χ3v) is 7.73. The van der Waals surface area contributed by atoms with Crippen LogP contribution in [-0.4, -0.2) is 48.3 Å². The summed E-state index contributed by atoms with van der Waals surface area (Å²) in [5, 5.41) is 4.48. The smallest absolute Gasteiger partial charge is 0.252 e. The first-order valence-corrected chi connectivity index (χ1v) is 13.3. The van der Waals surface area contributed by atoms with Crippen LogP contribution in [0.25, 0.3) is 28.2 Å². The van der Waals surface area contributed by atoms with Crippen LogP contribution in [0.4, 0.5) is 5.69 Å². The molecule has 2 aliphatic rings. The fourth-order valence-electron chi connectivity index (χ4n) is 5.72. The van der Waals surface area contributed by atoms with Gasteiger partial charge < -0.3 is 0 Å². The minimum Gasteiger partial charge on any atom is -0.299 e. The van der Waals surface area contributed by atoms with Gasteiger partial charge >= 0.3 is 0 Å². The molecule has 0 aliphatic carbocycles. The Labute approximate surface area is 221 Å². The van der Waals surface area contributed by atoms with Gasteiger partial charge in [-0.1, -0.05) is 54.6 Å². The van der Waals surface area contributed by atoms with Crippen LogP contribution >= 0.6 is 0 Å². The second-order valence-electron chi connectivity index (χ2n) is 10.3. The van der Waals surface area contributed by atoms with E-state index < -0.39 is 0 Å². The van der Waals surface area contributed by atoms with Gasteiger partial charge in [-0.2, -0.15) is 10.1 Å². The van der Waals surface area contributed by atoms with Gasteiger partial charge in [-0.3, -0.25) is 14.9 Å². The van der Waals surface area contributed by atoms with Gasteiger partial charge in [-0.25, -0.2) is 9.50 Å². The second-order valence-corrected chi connectivity index (χ2v) is 10.3. The predicted octanol–water partition coefficient (Wildman–Crippen LogP) is 5.70. The molecule has 1 saturated heterocycles. The summed E-state index contributed by atoms with van der Waals surface area (Å²) in [6.45, 7) is 5.06. The highest BCUT2D eigenvalue weighted by Gasteiger charge is 2.27. The number of aromatic nitrogens is 5. The van der Waals surface area contributed by atoms with Crippen molar-refractivity contribution in [3.63, 3.8) is 0 Å². The van der Waals surface area contributed by atoms with Gasteiger partial charge in [0.05, 0.1) is 11.4 Å².